The number of anilines is 1. The number of hydrogen-bond donors (Lipinski definition) is 4. The average molecular weight is 520 g/mol. The second kappa shape index (κ2) is 11.3. The van der Waals surface area contributed by atoms with Gasteiger partial charge >= 0.3 is 6.09 Å². The lowest BCUT2D eigenvalue weighted by molar-refractivity contribution is 0.102. The van der Waals surface area contributed by atoms with Gasteiger partial charge in [-0.15, -0.1) is 0 Å². The maximum atomic E-state index is 13.8. The molecule has 3 heterocycles. The summed E-state index contributed by atoms with van der Waals surface area (Å²) in [6.45, 7) is 1.33. The summed E-state index contributed by atoms with van der Waals surface area (Å²) in [6, 6.07) is 3.82. The summed E-state index contributed by atoms with van der Waals surface area (Å²) in [5.41, 5.74) is 6.17. The van der Waals surface area contributed by atoms with Crippen LogP contribution in [0, 0.1) is 11.8 Å². The number of alkyl carbamates (subject to hydrolysis) is 1. The number of hydrogen-bond acceptors (Lipinski definition) is 10. The monoisotopic (exact) mass is 519 g/mol. The lowest BCUT2D eigenvalue weighted by Gasteiger charge is -2.21. The van der Waals surface area contributed by atoms with E-state index < -0.39 is 29.9 Å². The van der Waals surface area contributed by atoms with Crippen molar-refractivity contribution in [1.29, 1.82) is 0 Å². The maximum absolute atomic E-state index is 13.8. The Kier molecular flexibility index (Phi) is 8.24. The van der Waals surface area contributed by atoms with Crippen LogP contribution in [0.25, 0.3) is 5.70 Å². The van der Waals surface area contributed by atoms with Gasteiger partial charge in [-0.3, -0.25) is 15.1 Å². The average Bonchev–Trinajstić information content (AvgIpc) is 2.84. The first-order valence-corrected chi connectivity index (χ1v) is 10.4. The first kappa shape index (κ1) is 26.2. The fourth-order valence-electron chi connectivity index (χ4n) is 2.77. The number of amides is 2. The molecule has 0 bridgehead atoms. The Hall–Kier alpha value is -4.43. The van der Waals surface area contributed by atoms with E-state index in [0.29, 0.717) is 6.20 Å². The molecule has 0 aromatic carbocycles. The zero-order chi connectivity index (χ0) is 26.4. The van der Waals surface area contributed by atoms with Crippen LogP contribution >= 0.6 is 11.6 Å². The standard InChI is InChI=1S/C21H20ClF2N9O3/c1-10(14-5-12(23)7-28-17(14)24)36-21(35)32-19(33(2)26)16(25)18-29-8-13(9-30-18)31-20(34)11-3-4-15(22)27-6-11/h3-10H,25-26H2,1-2H3,(H,31,34)(H,32,35)/b19-16-. The van der Waals surface area contributed by atoms with Gasteiger partial charge in [-0.1, -0.05) is 11.6 Å². The molecule has 0 aliphatic heterocycles. The van der Waals surface area contributed by atoms with Crippen LogP contribution in [0.1, 0.15) is 34.8 Å². The third kappa shape index (κ3) is 6.58. The molecule has 36 heavy (non-hydrogen) atoms. The number of carbonyl (C=O) groups is 2. The van der Waals surface area contributed by atoms with E-state index in [-0.39, 0.29) is 39.3 Å². The van der Waals surface area contributed by atoms with E-state index in [1.807, 2.05) is 0 Å². The number of nitrogens with one attached hydrogen (secondary N) is 2. The highest BCUT2D eigenvalue weighted by molar-refractivity contribution is 6.29. The molecule has 15 heteroatoms. The summed E-state index contributed by atoms with van der Waals surface area (Å²) >= 11 is 5.71. The molecule has 188 valence electrons. The Labute approximate surface area is 208 Å². The van der Waals surface area contributed by atoms with Crippen LogP contribution in [0.5, 0.6) is 0 Å². The summed E-state index contributed by atoms with van der Waals surface area (Å²) in [5, 5.41) is 6.11. The van der Waals surface area contributed by atoms with Crippen molar-refractivity contribution in [3.63, 3.8) is 0 Å². The summed E-state index contributed by atoms with van der Waals surface area (Å²) in [4.78, 5) is 39.8. The fourth-order valence-corrected chi connectivity index (χ4v) is 2.88. The molecule has 6 N–H and O–H groups in total. The van der Waals surface area contributed by atoms with Crippen molar-refractivity contribution in [2.24, 2.45) is 11.6 Å². The Morgan fingerprint density at radius 1 is 1.11 bits per heavy atom. The zero-order valence-electron chi connectivity index (χ0n) is 18.9. The molecule has 1 unspecified atom stereocenters. The van der Waals surface area contributed by atoms with Crippen molar-refractivity contribution < 1.29 is 23.1 Å². The van der Waals surface area contributed by atoms with Gasteiger partial charge < -0.3 is 15.8 Å². The third-order valence-corrected chi connectivity index (χ3v) is 4.75. The van der Waals surface area contributed by atoms with Crippen LogP contribution in [0.2, 0.25) is 5.15 Å². The Morgan fingerprint density at radius 2 is 1.81 bits per heavy atom. The van der Waals surface area contributed by atoms with E-state index >= 15 is 0 Å². The SMILES string of the molecule is CC(OC(=O)N/C(=C(/N)c1ncc(NC(=O)c2ccc(Cl)nc2)cn1)N(C)N)c1cc(F)cnc1F. The van der Waals surface area contributed by atoms with Crippen molar-refractivity contribution in [2.75, 3.05) is 12.4 Å². The van der Waals surface area contributed by atoms with E-state index in [4.69, 9.17) is 27.9 Å². The first-order valence-electron chi connectivity index (χ1n) is 10.1. The Morgan fingerprint density at radius 3 is 2.42 bits per heavy atom. The zero-order valence-corrected chi connectivity index (χ0v) is 19.6. The predicted molar refractivity (Wildman–Crippen MR) is 124 cm³/mol. The van der Waals surface area contributed by atoms with Gasteiger partial charge in [-0.05, 0) is 25.1 Å². The fraction of sp³-hybridized carbons (Fsp3) is 0.143. The molecular weight excluding hydrogens is 500 g/mol. The second-order valence-corrected chi connectivity index (χ2v) is 7.59. The van der Waals surface area contributed by atoms with Crippen molar-refractivity contribution in [3.05, 3.63) is 82.7 Å². The maximum Gasteiger partial charge on any atom is 0.413 e. The summed E-state index contributed by atoms with van der Waals surface area (Å²) in [5.74, 6) is 3.32. The van der Waals surface area contributed by atoms with Crippen molar-refractivity contribution in [3.8, 4) is 0 Å². The van der Waals surface area contributed by atoms with Crippen molar-refractivity contribution in [2.45, 2.75) is 13.0 Å². The van der Waals surface area contributed by atoms with E-state index in [9.17, 15) is 18.4 Å². The molecule has 0 aliphatic carbocycles. The minimum atomic E-state index is -1.19. The van der Waals surface area contributed by atoms with Gasteiger partial charge in [0.2, 0.25) is 5.95 Å². The number of ether oxygens (including phenoxy) is 1. The topological polar surface area (TPSA) is 174 Å². The quantitative estimate of drug-likeness (QED) is 0.206. The van der Waals surface area contributed by atoms with Gasteiger partial charge in [0.05, 0.1) is 35.4 Å². The molecule has 1 atom stereocenters. The van der Waals surface area contributed by atoms with Crippen molar-refractivity contribution in [1.82, 2.24) is 30.3 Å². The van der Waals surface area contributed by atoms with E-state index in [1.54, 1.807) is 0 Å². The molecule has 2 amide bonds. The molecule has 0 saturated carbocycles. The highest BCUT2D eigenvalue weighted by atomic mass is 35.5. The first-order chi connectivity index (χ1) is 17.0. The van der Waals surface area contributed by atoms with Crippen molar-refractivity contribution >= 4 is 35.0 Å². The van der Waals surface area contributed by atoms with Crippen LogP contribution in [0.3, 0.4) is 0 Å². The second-order valence-electron chi connectivity index (χ2n) is 7.20. The normalized spacial score (nSPS) is 12.3. The van der Waals surface area contributed by atoms with Crippen LogP contribution in [0.4, 0.5) is 19.3 Å². The number of hydrazine groups is 1. The van der Waals surface area contributed by atoms with Crippen LogP contribution in [-0.4, -0.2) is 44.0 Å². The van der Waals surface area contributed by atoms with Gasteiger partial charge in [-0.2, -0.15) is 4.39 Å². The lowest BCUT2D eigenvalue weighted by atomic mass is 10.2. The number of rotatable bonds is 7. The number of pyridine rings is 2. The molecule has 3 aromatic rings. The lowest BCUT2D eigenvalue weighted by Crippen LogP contribution is -2.39. The Balaban J connectivity index is 1.71. The van der Waals surface area contributed by atoms with Gasteiger partial charge in [0.1, 0.15) is 22.8 Å². The molecule has 0 aliphatic rings. The summed E-state index contributed by atoms with van der Waals surface area (Å²) in [6.07, 6.45) is 2.31. The molecule has 3 aromatic heterocycles. The van der Waals surface area contributed by atoms with Gasteiger partial charge in [0.25, 0.3) is 5.91 Å². The smallest absolute Gasteiger partial charge is 0.413 e. The third-order valence-electron chi connectivity index (χ3n) is 4.52. The minimum Gasteiger partial charge on any atom is -0.441 e. The van der Waals surface area contributed by atoms with Crippen LogP contribution in [0.15, 0.2) is 48.8 Å². The molecule has 0 fully saturated rings. The molecule has 12 nitrogen and oxygen atoms in total. The van der Waals surface area contributed by atoms with E-state index in [2.05, 4.69) is 30.6 Å². The predicted octanol–water partition coefficient (Wildman–Crippen LogP) is 2.33. The number of nitrogens with two attached hydrogens (primary N) is 2. The number of halogens is 3. The number of carbonyl (C=O) groups excluding carboxylic acids is 2. The van der Waals surface area contributed by atoms with E-state index in [0.717, 1.165) is 11.1 Å². The largest absolute Gasteiger partial charge is 0.441 e. The number of nitrogens with zero attached hydrogens (tertiary/aromatic N) is 5. The number of aromatic nitrogens is 4. The molecular formula is C21H20ClF2N9O3. The van der Waals surface area contributed by atoms with Gasteiger partial charge in [0.15, 0.2) is 11.6 Å². The van der Waals surface area contributed by atoms with Gasteiger partial charge in [0, 0.05) is 13.2 Å². The molecule has 3 rings (SSSR count). The van der Waals surface area contributed by atoms with Crippen LogP contribution < -0.4 is 22.2 Å². The highest BCUT2D eigenvalue weighted by Gasteiger charge is 2.21. The summed E-state index contributed by atoms with van der Waals surface area (Å²) in [7, 11) is 1.37. The minimum absolute atomic E-state index is 0.0396. The molecule has 0 spiro atoms. The van der Waals surface area contributed by atoms with E-state index in [1.165, 1.54) is 44.7 Å². The van der Waals surface area contributed by atoms with Crippen LogP contribution in [-0.2, 0) is 4.74 Å². The Bertz CT molecular complexity index is 1290. The van der Waals surface area contributed by atoms with Gasteiger partial charge in [-0.25, -0.2) is 35.0 Å². The molecule has 0 saturated heterocycles. The highest BCUT2D eigenvalue weighted by Crippen LogP contribution is 2.20. The summed E-state index contributed by atoms with van der Waals surface area (Å²) < 4.78 is 32.3. The molecule has 0 radical (unpaired) electrons.